The maximum absolute atomic E-state index is 12.4. The zero-order valence-corrected chi connectivity index (χ0v) is 15.6. The molecule has 0 saturated carbocycles. The minimum absolute atomic E-state index is 0.0800. The largest absolute Gasteiger partial charge is 0.370 e. The second-order valence-corrected chi connectivity index (χ2v) is 8.48. The van der Waals surface area contributed by atoms with Gasteiger partial charge in [-0.25, -0.2) is 13.4 Å². The SMILES string of the molecule is CC(C)N(C)S(=O)(=O)c1ccc(CN=C(N)N2CCCCC2)cc1. The van der Waals surface area contributed by atoms with Gasteiger partial charge in [0, 0.05) is 26.2 Å². The molecule has 1 saturated heterocycles. The minimum Gasteiger partial charge on any atom is -0.370 e. The number of hydrogen-bond donors (Lipinski definition) is 1. The van der Waals surface area contributed by atoms with Crippen LogP contribution in [0.15, 0.2) is 34.2 Å². The van der Waals surface area contributed by atoms with Gasteiger partial charge in [0.05, 0.1) is 11.4 Å². The number of rotatable bonds is 5. The molecule has 0 atom stereocenters. The van der Waals surface area contributed by atoms with Gasteiger partial charge in [-0.15, -0.1) is 0 Å². The Bertz CT molecular complexity index is 662. The third-order valence-electron chi connectivity index (χ3n) is 4.43. The Labute approximate surface area is 145 Å². The van der Waals surface area contributed by atoms with Gasteiger partial charge in [0.25, 0.3) is 0 Å². The van der Waals surface area contributed by atoms with Crippen molar-refractivity contribution >= 4 is 16.0 Å². The van der Waals surface area contributed by atoms with Crippen LogP contribution in [0.2, 0.25) is 0 Å². The summed E-state index contributed by atoms with van der Waals surface area (Å²) in [5.41, 5.74) is 6.99. The summed E-state index contributed by atoms with van der Waals surface area (Å²) >= 11 is 0. The summed E-state index contributed by atoms with van der Waals surface area (Å²) in [7, 11) is -1.84. The molecular weight excluding hydrogens is 324 g/mol. The molecule has 0 aromatic heterocycles. The Balaban J connectivity index is 2.04. The van der Waals surface area contributed by atoms with Gasteiger partial charge in [0.1, 0.15) is 0 Å². The second-order valence-electron chi connectivity index (χ2n) is 6.48. The monoisotopic (exact) mass is 352 g/mol. The summed E-state index contributed by atoms with van der Waals surface area (Å²) in [5, 5.41) is 0. The van der Waals surface area contributed by atoms with Gasteiger partial charge < -0.3 is 10.6 Å². The van der Waals surface area contributed by atoms with Crippen LogP contribution in [0.1, 0.15) is 38.7 Å². The van der Waals surface area contributed by atoms with E-state index in [0.29, 0.717) is 17.4 Å². The van der Waals surface area contributed by atoms with Crippen LogP contribution in [0.5, 0.6) is 0 Å². The number of piperidine rings is 1. The summed E-state index contributed by atoms with van der Waals surface area (Å²) in [5.74, 6) is 0.575. The van der Waals surface area contributed by atoms with Crippen LogP contribution in [0, 0.1) is 0 Å². The lowest BCUT2D eigenvalue weighted by Gasteiger charge is -2.27. The van der Waals surface area contributed by atoms with Crippen molar-refractivity contribution in [3.63, 3.8) is 0 Å². The second kappa shape index (κ2) is 7.98. The number of guanidine groups is 1. The van der Waals surface area contributed by atoms with Gasteiger partial charge in [-0.2, -0.15) is 4.31 Å². The van der Waals surface area contributed by atoms with E-state index in [1.54, 1.807) is 31.3 Å². The molecule has 1 aromatic rings. The van der Waals surface area contributed by atoms with Gasteiger partial charge >= 0.3 is 0 Å². The van der Waals surface area contributed by atoms with E-state index in [-0.39, 0.29) is 6.04 Å². The van der Waals surface area contributed by atoms with Crippen molar-refractivity contribution in [3.05, 3.63) is 29.8 Å². The molecule has 24 heavy (non-hydrogen) atoms. The smallest absolute Gasteiger partial charge is 0.243 e. The molecule has 1 heterocycles. The summed E-state index contributed by atoms with van der Waals surface area (Å²) in [6, 6.07) is 6.79. The van der Waals surface area contributed by atoms with E-state index in [4.69, 9.17) is 5.73 Å². The van der Waals surface area contributed by atoms with E-state index in [1.807, 2.05) is 13.8 Å². The highest BCUT2D eigenvalue weighted by atomic mass is 32.2. The van der Waals surface area contributed by atoms with Crippen LogP contribution in [0.4, 0.5) is 0 Å². The standard InChI is InChI=1S/C17H28N4O2S/c1-14(2)20(3)24(22,23)16-9-7-15(8-10-16)13-19-17(18)21-11-5-4-6-12-21/h7-10,14H,4-6,11-13H2,1-3H3,(H2,18,19). The highest BCUT2D eigenvalue weighted by Gasteiger charge is 2.22. The number of aliphatic imine (C=N–C) groups is 1. The summed E-state index contributed by atoms with van der Waals surface area (Å²) < 4.78 is 26.2. The van der Waals surface area contributed by atoms with Crippen LogP contribution in [0.3, 0.4) is 0 Å². The maximum Gasteiger partial charge on any atom is 0.243 e. The average molecular weight is 353 g/mol. The van der Waals surface area contributed by atoms with Gasteiger partial charge in [-0.1, -0.05) is 12.1 Å². The average Bonchev–Trinajstić information content (AvgIpc) is 2.60. The molecule has 1 aliphatic heterocycles. The quantitative estimate of drug-likeness (QED) is 0.649. The first-order valence-corrected chi connectivity index (χ1v) is 9.88. The first-order chi connectivity index (χ1) is 11.3. The normalized spacial score (nSPS) is 16.9. The molecule has 0 bridgehead atoms. The number of sulfonamides is 1. The Kier molecular flexibility index (Phi) is 6.23. The van der Waals surface area contributed by atoms with Crippen LogP contribution in [-0.2, 0) is 16.6 Å². The predicted molar refractivity (Wildman–Crippen MR) is 97.3 cm³/mol. The van der Waals surface area contributed by atoms with Crippen molar-refractivity contribution in [2.75, 3.05) is 20.1 Å². The van der Waals surface area contributed by atoms with Crippen molar-refractivity contribution in [3.8, 4) is 0 Å². The molecule has 0 amide bonds. The highest BCUT2D eigenvalue weighted by Crippen LogP contribution is 2.17. The predicted octanol–water partition coefficient (Wildman–Crippen LogP) is 2.02. The van der Waals surface area contributed by atoms with E-state index in [0.717, 1.165) is 31.5 Å². The Morgan fingerprint density at radius 1 is 1.21 bits per heavy atom. The van der Waals surface area contributed by atoms with Gasteiger partial charge in [0.15, 0.2) is 5.96 Å². The maximum atomic E-state index is 12.4. The fourth-order valence-electron chi connectivity index (χ4n) is 2.61. The molecule has 0 aliphatic carbocycles. The van der Waals surface area contributed by atoms with Crippen LogP contribution >= 0.6 is 0 Å². The number of benzene rings is 1. The third-order valence-corrected chi connectivity index (χ3v) is 6.48. The molecular formula is C17H28N4O2S. The van der Waals surface area contributed by atoms with Crippen molar-refractivity contribution in [2.24, 2.45) is 10.7 Å². The molecule has 0 spiro atoms. The number of hydrogen-bond acceptors (Lipinski definition) is 3. The fourth-order valence-corrected chi connectivity index (χ4v) is 3.97. The lowest BCUT2D eigenvalue weighted by atomic mass is 10.1. The van der Waals surface area contributed by atoms with Crippen molar-refractivity contribution < 1.29 is 8.42 Å². The molecule has 0 unspecified atom stereocenters. The minimum atomic E-state index is -3.44. The Morgan fingerprint density at radius 2 is 1.79 bits per heavy atom. The fraction of sp³-hybridized carbons (Fsp3) is 0.588. The van der Waals surface area contributed by atoms with E-state index >= 15 is 0 Å². The van der Waals surface area contributed by atoms with Crippen LogP contribution < -0.4 is 5.73 Å². The molecule has 2 N–H and O–H groups in total. The topological polar surface area (TPSA) is 79.0 Å². The number of nitrogens with two attached hydrogens (primary N) is 1. The van der Waals surface area contributed by atoms with E-state index in [9.17, 15) is 8.42 Å². The Morgan fingerprint density at radius 3 is 2.33 bits per heavy atom. The van der Waals surface area contributed by atoms with Crippen LogP contribution in [0.25, 0.3) is 0 Å². The highest BCUT2D eigenvalue weighted by molar-refractivity contribution is 7.89. The summed E-state index contributed by atoms with van der Waals surface area (Å²) in [6.07, 6.45) is 3.57. The zero-order chi connectivity index (χ0) is 17.7. The van der Waals surface area contributed by atoms with Crippen molar-refractivity contribution in [2.45, 2.75) is 50.6 Å². The molecule has 1 fully saturated rings. The van der Waals surface area contributed by atoms with E-state index < -0.39 is 10.0 Å². The van der Waals surface area contributed by atoms with Gasteiger partial charge in [-0.05, 0) is 50.8 Å². The lowest BCUT2D eigenvalue weighted by Crippen LogP contribution is -2.40. The lowest BCUT2D eigenvalue weighted by molar-refractivity contribution is 0.338. The third kappa shape index (κ3) is 4.48. The van der Waals surface area contributed by atoms with Gasteiger partial charge in [0.2, 0.25) is 10.0 Å². The van der Waals surface area contributed by atoms with E-state index in [1.165, 1.54) is 10.7 Å². The first kappa shape index (κ1) is 18.7. The van der Waals surface area contributed by atoms with Crippen molar-refractivity contribution in [1.29, 1.82) is 0 Å². The summed E-state index contributed by atoms with van der Waals surface area (Å²) in [6.45, 7) is 6.10. The molecule has 0 radical (unpaired) electrons. The van der Waals surface area contributed by atoms with Crippen LogP contribution in [-0.4, -0.2) is 49.8 Å². The number of nitrogens with zero attached hydrogens (tertiary/aromatic N) is 3. The molecule has 1 aromatic carbocycles. The van der Waals surface area contributed by atoms with Crippen molar-refractivity contribution in [1.82, 2.24) is 9.21 Å². The molecule has 7 heteroatoms. The molecule has 2 rings (SSSR count). The first-order valence-electron chi connectivity index (χ1n) is 8.44. The zero-order valence-electron chi connectivity index (χ0n) is 14.8. The molecule has 134 valence electrons. The van der Waals surface area contributed by atoms with E-state index in [2.05, 4.69) is 9.89 Å². The molecule has 1 aliphatic rings. The number of likely N-dealkylation sites (tertiary alicyclic amines) is 1. The van der Waals surface area contributed by atoms with Gasteiger partial charge in [-0.3, -0.25) is 0 Å². The molecule has 6 nitrogen and oxygen atoms in total. The Hall–Kier alpha value is -1.60. The summed E-state index contributed by atoms with van der Waals surface area (Å²) in [4.78, 5) is 6.85.